The van der Waals surface area contributed by atoms with Gasteiger partial charge in [-0.2, -0.15) is 0 Å². The summed E-state index contributed by atoms with van der Waals surface area (Å²) in [6.45, 7) is 0.457. The highest BCUT2D eigenvalue weighted by atomic mass is 32.2. The first-order chi connectivity index (χ1) is 7.81. The van der Waals surface area contributed by atoms with Gasteiger partial charge in [-0.1, -0.05) is 11.8 Å². The molecule has 0 saturated carbocycles. The molecule has 0 unspecified atom stereocenters. The number of tetrazole rings is 1. The van der Waals surface area contributed by atoms with E-state index < -0.39 is 0 Å². The summed E-state index contributed by atoms with van der Waals surface area (Å²) in [4.78, 5) is 0. The van der Waals surface area contributed by atoms with Gasteiger partial charge in [-0.25, -0.2) is 4.68 Å². The maximum atomic E-state index is 5.17. The predicted molar refractivity (Wildman–Crippen MR) is 59.8 cm³/mol. The molecule has 0 spiro atoms. The number of nitrogens with zero attached hydrogens (tertiary/aromatic N) is 4. The molecule has 0 atom stereocenters. The first-order valence-corrected chi connectivity index (χ1v) is 5.68. The maximum absolute atomic E-state index is 5.17. The molecule has 0 radical (unpaired) electrons. The molecule has 0 fully saturated rings. The smallest absolute Gasteiger partial charge is 0.209 e. The van der Waals surface area contributed by atoms with E-state index in [1.54, 1.807) is 18.9 Å². The van der Waals surface area contributed by atoms with Crippen LogP contribution in [0.5, 0.6) is 0 Å². The van der Waals surface area contributed by atoms with Crippen LogP contribution in [0.3, 0.4) is 0 Å². The molecule has 1 rings (SSSR count). The normalized spacial score (nSPS) is 10.6. The van der Waals surface area contributed by atoms with Gasteiger partial charge in [0, 0.05) is 26.4 Å². The van der Waals surface area contributed by atoms with Crippen LogP contribution in [0.4, 0.5) is 0 Å². The van der Waals surface area contributed by atoms with Gasteiger partial charge in [-0.3, -0.25) is 0 Å². The van der Waals surface area contributed by atoms with Crippen LogP contribution in [0.1, 0.15) is 6.42 Å². The molecule has 88 valence electrons. The molecule has 6 nitrogen and oxygen atoms in total. The number of rotatable bonds is 7. The second-order valence-electron chi connectivity index (χ2n) is 2.85. The van der Waals surface area contributed by atoms with Crippen molar-refractivity contribution >= 4 is 11.8 Å². The minimum Gasteiger partial charge on any atom is -0.354 e. The molecule has 0 aliphatic rings. The third-order valence-electron chi connectivity index (χ3n) is 1.82. The van der Waals surface area contributed by atoms with E-state index in [4.69, 9.17) is 15.9 Å². The van der Waals surface area contributed by atoms with Gasteiger partial charge in [0.2, 0.25) is 5.16 Å². The van der Waals surface area contributed by atoms with Crippen LogP contribution in [-0.2, 0) is 16.0 Å². The molecular weight excluding hydrogens is 228 g/mol. The van der Waals surface area contributed by atoms with E-state index in [0.717, 1.165) is 5.75 Å². The summed E-state index contributed by atoms with van der Waals surface area (Å²) in [6, 6.07) is 0. The molecule has 0 amide bonds. The standard InChI is InChI=1S/C9H14N4O2S/c1-4-5-6-16-9-10-11-12-13(9)7-8(14-2)15-3/h1,8H,5-7H2,2-3H3. The summed E-state index contributed by atoms with van der Waals surface area (Å²) < 4.78 is 11.8. The van der Waals surface area contributed by atoms with Crippen LogP contribution in [-0.4, -0.2) is 46.5 Å². The molecule has 1 aromatic heterocycles. The summed E-state index contributed by atoms with van der Waals surface area (Å²) >= 11 is 1.51. The third kappa shape index (κ3) is 3.81. The fourth-order valence-electron chi connectivity index (χ4n) is 1.00. The lowest BCUT2D eigenvalue weighted by atomic mass is 10.5. The van der Waals surface area contributed by atoms with Crippen LogP contribution < -0.4 is 0 Å². The Balaban J connectivity index is 2.53. The van der Waals surface area contributed by atoms with E-state index in [1.165, 1.54) is 11.8 Å². The van der Waals surface area contributed by atoms with Crippen molar-refractivity contribution in [2.45, 2.75) is 24.4 Å². The molecule has 0 N–H and O–H groups in total. The number of ether oxygens (including phenoxy) is 2. The van der Waals surface area contributed by atoms with Gasteiger partial charge in [0.05, 0.1) is 6.54 Å². The Bertz CT molecular complexity index is 346. The summed E-state index contributed by atoms with van der Waals surface area (Å²) in [5.74, 6) is 3.36. The summed E-state index contributed by atoms with van der Waals surface area (Å²) in [6.07, 6.45) is 5.51. The number of hydrogen-bond acceptors (Lipinski definition) is 6. The fraction of sp³-hybridized carbons (Fsp3) is 0.667. The number of terminal acetylenes is 1. The minimum absolute atomic E-state index is 0.351. The highest BCUT2D eigenvalue weighted by Gasteiger charge is 2.12. The molecule has 0 bridgehead atoms. The van der Waals surface area contributed by atoms with Gasteiger partial charge in [0.25, 0.3) is 0 Å². The first-order valence-electron chi connectivity index (χ1n) is 4.69. The second-order valence-corrected chi connectivity index (χ2v) is 3.91. The van der Waals surface area contributed by atoms with Crippen molar-refractivity contribution in [1.82, 2.24) is 20.2 Å². The van der Waals surface area contributed by atoms with Crippen molar-refractivity contribution in [2.24, 2.45) is 0 Å². The lowest BCUT2D eigenvalue weighted by Gasteiger charge is -2.13. The average molecular weight is 242 g/mol. The fourth-order valence-corrected chi connectivity index (χ4v) is 1.76. The summed E-state index contributed by atoms with van der Waals surface area (Å²) in [5, 5.41) is 12.1. The topological polar surface area (TPSA) is 62.1 Å². The molecule has 0 aliphatic heterocycles. The van der Waals surface area contributed by atoms with Crippen molar-refractivity contribution in [3.05, 3.63) is 0 Å². The number of thioether (sulfide) groups is 1. The van der Waals surface area contributed by atoms with E-state index in [0.29, 0.717) is 18.1 Å². The van der Waals surface area contributed by atoms with Crippen LogP contribution in [0.2, 0.25) is 0 Å². The van der Waals surface area contributed by atoms with Gasteiger partial charge in [-0.15, -0.1) is 17.4 Å². The van der Waals surface area contributed by atoms with Gasteiger partial charge in [-0.05, 0) is 10.4 Å². The maximum Gasteiger partial charge on any atom is 0.209 e. The van der Waals surface area contributed by atoms with Crippen molar-refractivity contribution in [3.8, 4) is 12.3 Å². The predicted octanol–water partition coefficient (Wildman–Crippen LogP) is 0.407. The third-order valence-corrected chi connectivity index (χ3v) is 2.78. The van der Waals surface area contributed by atoms with Crippen LogP contribution >= 0.6 is 11.8 Å². The Kier molecular flexibility index (Phi) is 5.85. The first kappa shape index (κ1) is 13.0. The zero-order chi connectivity index (χ0) is 11.8. The Morgan fingerprint density at radius 3 is 2.88 bits per heavy atom. The van der Waals surface area contributed by atoms with E-state index >= 15 is 0 Å². The zero-order valence-electron chi connectivity index (χ0n) is 9.29. The van der Waals surface area contributed by atoms with Crippen LogP contribution in [0.25, 0.3) is 0 Å². The highest BCUT2D eigenvalue weighted by Crippen LogP contribution is 2.14. The van der Waals surface area contributed by atoms with Crippen molar-refractivity contribution < 1.29 is 9.47 Å². The molecule has 16 heavy (non-hydrogen) atoms. The monoisotopic (exact) mass is 242 g/mol. The summed E-state index contributed by atoms with van der Waals surface area (Å²) in [5.41, 5.74) is 0. The van der Waals surface area contributed by atoms with Crippen molar-refractivity contribution in [2.75, 3.05) is 20.0 Å². The van der Waals surface area contributed by atoms with Gasteiger partial charge < -0.3 is 9.47 Å². The average Bonchev–Trinajstić information content (AvgIpc) is 2.74. The SMILES string of the molecule is C#CCCSc1nnnn1CC(OC)OC. The van der Waals surface area contributed by atoms with Gasteiger partial charge in [0.1, 0.15) is 0 Å². The highest BCUT2D eigenvalue weighted by molar-refractivity contribution is 7.99. The van der Waals surface area contributed by atoms with E-state index in [1.807, 2.05) is 0 Å². The number of hydrogen-bond donors (Lipinski definition) is 0. The Morgan fingerprint density at radius 2 is 2.25 bits per heavy atom. The molecule has 7 heteroatoms. The van der Waals surface area contributed by atoms with Gasteiger partial charge >= 0.3 is 0 Å². The van der Waals surface area contributed by atoms with Gasteiger partial charge in [0.15, 0.2) is 6.29 Å². The molecule has 1 heterocycles. The van der Waals surface area contributed by atoms with Crippen molar-refractivity contribution in [1.29, 1.82) is 0 Å². The molecular formula is C9H14N4O2S. The summed E-state index contributed by atoms with van der Waals surface area (Å²) in [7, 11) is 3.15. The molecule has 0 saturated heterocycles. The van der Waals surface area contributed by atoms with E-state index in [-0.39, 0.29) is 6.29 Å². The van der Waals surface area contributed by atoms with E-state index in [9.17, 15) is 0 Å². The number of methoxy groups -OCH3 is 2. The van der Waals surface area contributed by atoms with Crippen molar-refractivity contribution in [3.63, 3.8) is 0 Å². The van der Waals surface area contributed by atoms with Crippen LogP contribution in [0, 0.1) is 12.3 Å². The minimum atomic E-state index is -0.351. The Labute approximate surface area is 98.7 Å². The Hall–Kier alpha value is -1.10. The quantitative estimate of drug-likeness (QED) is 0.299. The van der Waals surface area contributed by atoms with Crippen LogP contribution in [0.15, 0.2) is 5.16 Å². The van der Waals surface area contributed by atoms with E-state index in [2.05, 4.69) is 21.4 Å². The molecule has 0 aliphatic carbocycles. The molecule has 0 aromatic carbocycles. The Morgan fingerprint density at radius 1 is 1.50 bits per heavy atom. The number of aromatic nitrogens is 4. The largest absolute Gasteiger partial charge is 0.354 e. The lowest BCUT2D eigenvalue weighted by Crippen LogP contribution is -2.21. The second kappa shape index (κ2) is 7.22. The molecule has 1 aromatic rings. The lowest BCUT2D eigenvalue weighted by molar-refractivity contribution is -0.113. The zero-order valence-corrected chi connectivity index (χ0v) is 10.1.